The van der Waals surface area contributed by atoms with Gasteiger partial charge in [0.1, 0.15) is 14.1 Å². The van der Waals surface area contributed by atoms with Crippen molar-refractivity contribution in [2.75, 3.05) is 0 Å². The lowest BCUT2D eigenvalue weighted by molar-refractivity contribution is -0.671. The fraction of sp³-hybridized carbons (Fsp3) is 0.0909. The zero-order valence-corrected chi connectivity index (χ0v) is 14.0. The minimum atomic E-state index is 1.25. The van der Waals surface area contributed by atoms with Crippen molar-refractivity contribution in [1.82, 2.24) is 0 Å². The molecular formula is C22H20N2+2. The van der Waals surface area contributed by atoms with E-state index in [0.717, 1.165) is 0 Å². The van der Waals surface area contributed by atoms with Crippen molar-refractivity contribution in [2.45, 2.75) is 0 Å². The quantitative estimate of drug-likeness (QED) is 0.498. The molecule has 0 aliphatic heterocycles. The van der Waals surface area contributed by atoms with Crippen LogP contribution in [-0.4, -0.2) is 0 Å². The van der Waals surface area contributed by atoms with E-state index in [4.69, 9.17) is 0 Å². The van der Waals surface area contributed by atoms with Gasteiger partial charge in [-0.3, -0.25) is 0 Å². The number of aryl methyl sites for hydroxylation is 2. The van der Waals surface area contributed by atoms with Crippen LogP contribution in [0.25, 0.3) is 33.4 Å². The Morgan fingerprint density at radius 1 is 0.500 bits per heavy atom. The molecule has 0 aromatic carbocycles. The van der Waals surface area contributed by atoms with E-state index in [2.05, 4.69) is 94.6 Å². The normalized spacial score (nSPS) is 10.9. The molecule has 0 bridgehead atoms. The van der Waals surface area contributed by atoms with Crippen LogP contribution in [0.3, 0.4) is 0 Å². The van der Waals surface area contributed by atoms with E-state index in [-0.39, 0.29) is 0 Å². The average Bonchev–Trinajstić information content (AvgIpc) is 2.78. The summed E-state index contributed by atoms with van der Waals surface area (Å²) in [5.41, 5.74) is 7.64. The van der Waals surface area contributed by atoms with Crippen LogP contribution in [0.2, 0.25) is 0 Å². The van der Waals surface area contributed by atoms with Crippen molar-refractivity contribution in [3.63, 3.8) is 0 Å². The molecule has 0 spiro atoms. The molecule has 2 aliphatic carbocycles. The van der Waals surface area contributed by atoms with Gasteiger partial charge in [0, 0.05) is 24.3 Å². The number of rotatable bonds is 2. The van der Waals surface area contributed by atoms with Gasteiger partial charge in [-0.2, -0.15) is 0 Å². The molecule has 0 atom stereocenters. The molecule has 4 rings (SSSR count). The molecule has 2 heterocycles. The second kappa shape index (κ2) is 5.89. The number of pyridine rings is 2. The monoisotopic (exact) mass is 312 g/mol. The molecular weight excluding hydrogens is 292 g/mol. The zero-order valence-electron chi connectivity index (χ0n) is 14.0. The van der Waals surface area contributed by atoms with E-state index in [1.54, 1.807) is 0 Å². The summed E-state index contributed by atoms with van der Waals surface area (Å²) in [5, 5.41) is 0. The second-order valence-corrected chi connectivity index (χ2v) is 6.21. The van der Waals surface area contributed by atoms with Crippen molar-refractivity contribution < 1.29 is 9.13 Å². The number of hydrogen-bond acceptors (Lipinski definition) is 0. The lowest BCUT2D eigenvalue weighted by Gasteiger charge is -2.02. The molecule has 2 aromatic heterocycles. The minimum Gasteiger partial charge on any atom is -0.208 e. The number of aromatic nitrogens is 2. The fourth-order valence-electron chi connectivity index (χ4n) is 3.16. The van der Waals surface area contributed by atoms with Gasteiger partial charge in [-0.1, -0.05) is 30.3 Å². The number of hydrogen-bond donors (Lipinski definition) is 0. The van der Waals surface area contributed by atoms with E-state index in [0.29, 0.717) is 0 Å². The lowest BCUT2D eigenvalue weighted by atomic mass is 10.0. The molecule has 0 unspecified atom stereocenters. The van der Waals surface area contributed by atoms with E-state index in [1.165, 1.54) is 33.4 Å². The van der Waals surface area contributed by atoms with E-state index in [9.17, 15) is 0 Å². The Hall–Kier alpha value is -3.00. The summed E-state index contributed by atoms with van der Waals surface area (Å²) in [4.78, 5) is 0. The summed E-state index contributed by atoms with van der Waals surface area (Å²) < 4.78 is 4.12. The summed E-state index contributed by atoms with van der Waals surface area (Å²) in [5.74, 6) is 0. The predicted octanol–water partition coefficient (Wildman–Crippen LogP) is 3.77. The predicted molar refractivity (Wildman–Crippen MR) is 96.3 cm³/mol. The first-order chi connectivity index (χ1) is 11.7. The SMILES string of the molecule is C[n+]1ccc(-c2cc(-c3cc[n+](C)cc3)c3cccccc2-3)cc1. The van der Waals surface area contributed by atoms with Crippen LogP contribution in [0.15, 0.2) is 85.5 Å². The highest BCUT2D eigenvalue weighted by Crippen LogP contribution is 2.42. The van der Waals surface area contributed by atoms with Gasteiger partial charge in [-0.15, -0.1) is 0 Å². The summed E-state index contributed by atoms with van der Waals surface area (Å²) >= 11 is 0. The molecule has 116 valence electrons. The van der Waals surface area contributed by atoms with Crippen molar-refractivity contribution >= 4 is 0 Å². The summed E-state index contributed by atoms with van der Waals surface area (Å²) in [7, 11) is 4.09. The van der Waals surface area contributed by atoms with Gasteiger partial charge in [0.25, 0.3) is 0 Å². The topological polar surface area (TPSA) is 7.76 Å². The first-order valence-corrected chi connectivity index (χ1v) is 8.15. The number of nitrogens with zero attached hydrogens (tertiary/aromatic N) is 2. The van der Waals surface area contributed by atoms with Gasteiger partial charge in [0.05, 0.1) is 0 Å². The Morgan fingerprint density at radius 2 is 0.917 bits per heavy atom. The maximum absolute atomic E-state index is 2.31. The Kier molecular flexibility index (Phi) is 3.58. The van der Waals surface area contributed by atoms with Crippen molar-refractivity contribution in [3.8, 4) is 33.4 Å². The van der Waals surface area contributed by atoms with E-state index >= 15 is 0 Å². The highest BCUT2D eigenvalue weighted by atomic mass is 14.9. The van der Waals surface area contributed by atoms with Crippen LogP contribution in [0, 0.1) is 0 Å². The Balaban J connectivity index is 1.95. The van der Waals surface area contributed by atoms with Crippen LogP contribution in [0.5, 0.6) is 0 Å². The van der Waals surface area contributed by atoms with Gasteiger partial charge < -0.3 is 0 Å². The fourth-order valence-corrected chi connectivity index (χ4v) is 3.16. The maximum Gasteiger partial charge on any atom is 0.169 e. The van der Waals surface area contributed by atoms with Crippen LogP contribution >= 0.6 is 0 Å². The summed E-state index contributed by atoms with van der Waals surface area (Å²) in [6, 6.07) is 21.8. The molecule has 0 saturated heterocycles. The molecule has 2 heteroatoms. The molecule has 0 fully saturated rings. The Morgan fingerprint density at radius 3 is 1.33 bits per heavy atom. The van der Waals surface area contributed by atoms with Crippen LogP contribution in [-0.2, 0) is 14.1 Å². The third-order valence-corrected chi connectivity index (χ3v) is 4.49. The molecule has 2 aliphatic rings. The molecule has 24 heavy (non-hydrogen) atoms. The van der Waals surface area contributed by atoms with Crippen molar-refractivity contribution in [2.24, 2.45) is 14.1 Å². The molecule has 0 saturated carbocycles. The Bertz CT molecular complexity index is 877. The molecule has 0 N–H and O–H groups in total. The Labute approximate surface area is 142 Å². The van der Waals surface area contributed by atoms with Gasteiger partial charge in [-0.25, -0.2) is 9.13 Å². The third kappa shape index (κ3) is 2.56. The average molecular weight is 312 g/mol. The summed E-state index contributed by atoms with van der Waals surface area (Å²) in [6.45, 7) is 0. The highest BCUT2D eigenvalue weighted by molar-refractivity contribution is 5.97. The van der Waals surface area contributed by atoms with Gasteiger partial charge in [0.2, 0.25) is 0 Å². The van der Waals surface area contributed by atoms with E-state index < -0.39 is 0 Å². The van der Waals surface area contributed by atoms with Crippen molar-refractivity contribution in [1.29, 1.82) is 0 Å². The van der Waals surface area contributed by atoms with Crippen LogP contribution in [0.4, 0.5) is 0 Å². The van der Waals surface area contributed by atoms with Gasteiger partial charge in [0.15, 0.2) is 24.8 Å². The molecule has 0 amide bonds. The minimum absolute atomic E-state index is 1.25. The maximum atomic E-state index is 2.31. The molecule has 2 aromatic rings. The standard InChI is InChI=1S/C22H20N2/c1-23-12-8-17(9-13-23)21-16-22(18-10-14-24(2)15-11-18)20-7-5-3-4-6-19(20)21/h3-16H,1-2H3/q+2. The smallest absolute Gasteiger partial charge is 0.169 e. The highest BCUT2D eigenvalue weighted by Gasteiger charge is 2.18. The first-order valence-electron chi connectivity index (χ1n) is 8.15. The second-order valence-electron chi connectivity index (χ2n) is 6.21. The summed E-state index contributed by atoms with van der Waals surface area (Å²) in [6.07, 6.45) is 8.39. The molecule has 2 nitrogen and oxygen atoms in total. The zero-order chi connectivity index (χ0) is 16.5. The molecule has 0 radical (unpaired) electrons. The van der Waals surface area contributed by atoms with Crippen LogP contribution in [0.1, 0.15) is 0 Å². The lowest BCUT2D eigenvalue weighted by Crippen LogP contribution is -2.25. The number of fused-ring (bicyclic) bond motifs is 1. The third-order valence-electron chi connectivity index (χ3n) is 4.49. The van der Waals surface area contributed by atoms with Crippen molar-refractivity contribution in [3.05, 3.63) is 85.5 Å². The van der Waals surface area contributed by atoms with Gasteiger partial charge >= 0.3 is 0 Å². The van der Waals surface area contributed by atoms with Crippen LogP contribution < -0.4 is 9.13 Å². The van der Waals surface area contributed by atoms with E-state index in [1.807, 2.05) is 14.1 Å². The first kappa shape index (κ1) is 14.6. The van der Waals surface area contributed by atoms with Gasteiger partial charge in [-0.05, 0) is 39.4 Å². The largest absolute Gasteiger partial charge is 0.208 e.